The second kappa shape index (κ2) is 9.86. The molecule has 0 fully saturated rings. The minimum absolute atomic E-state index is 0.256. The highest BCUT2D eigenvalue weighted by molar-refractivity contribution is 7.99. The summed E-state index contributed by atoms with van der Waals surface area (Å²) in [5, 5.41) is 0.256. The first kappa shape index (κ1) is 22.1. The van der Waals surface area contributed by atoms with Crippen LogP contribution in [-0.2, 0) is 10.1 Å². The maximum atomic E-state index is 11.9. The average Bonchev–Trinajstić information content (AvgIpc) is 2.65. The summed E-state index contributed by atoms with van der Waals surface area (Å²) in [6.45, 7) is 0. The maximum absolute atomic E-state index is 11.9. The first-order chi connectivity index (χ1) is 13.2. The average molecular weight is 447 g/mol. The van der Waals surface area contributed by atoms with E-state index in [9.17, 15) is 21.6 Å². The molecule has 3 aromatic rings. The van der Waals surface area contributed by atoms with Crippen molar-refractivity contribution in [1.29, 1.82) is 0 Å². The van der Waals surface area contributed by atoms with Crippen molar-refractivity contribution in [3.8, 4) is 5.75 Å². The predicted octanol–water partition coefficient (Wildman–Crippen LogP) is 6.41. The van der Waals surface area contributed by atoms with E-state index in [0.29, 0.717) is 0 Å². The van der Waals surface area contributed by atoms with Crippen LogP contribution in [-0.4, -0.2) is 13.9 Å². The fourth-order valence-corrected chi connectivity index (χ4v) is 3.22. The van der Waals surface area contributed by atoms with Gasteiger partial charge in [0.25, 0.3) is 0 Å². The van der Waals surface area contributed by atoms with Crippen LogP contribution < -0.4 is 4.18 Å². The van der Waals surface area contributed by atoms with Gasteiger partial charge in [-0.3, -0.25) is 0 Å². The Morgan fingerprint density at radius 3 is 1.57 bits per heavy atom. The van der Waals surface area contributed by atoms with Crippen LogP contribution >= 0.6 is 23.4 Å². The third-order valence-electron chi connectivity index (χ3n) is 3.03. The van der Waals surface area contributed by atoms with Gasteiger partial charge in [0.05, 0.1) is 0 Å². The summed E-state index contributed by atoms with van der Waals surface area (Å²) >= 11 is 7.23. The minimum atomic E-state index is -5.61. The van der Waals surface area contributed by atoms with E-state index >= 15 is 0 Å². The van der Waals surface area contributed by atoms with Crippen molar-refractivity contribution in [3.05, 3.63) is 90.0 Å². The van der Waals surface area contributed by atoms with Gasteiger partial charge in [-0.15, -0.1) is 0 Å². The number of hydrogen-bond donors (Lipinski definition) is 0. The molecule has 0 amide bonds. The number of halogens is 4. The Labute approximate surface area is 170 Å². The van der Waals surface area contributed by atoms with Gasteiger partial charge in [-0.05, 0) is 48.5 Å². The molecule has 0 saturated carbocycles. The van der Waals surface area contributed by atoms with Crippen LogP contribution in [0.2, 0.25) is 5.02 Å². The van der Waals surface area contributed by atoms with Gasteiger partial charge in [-0.25, -0.2) is 0 Å². The number of alkyl halides is 3. The summed E-state index contributed by atoms with van der Waals surface area (Å²) in [5.74, 6) is -0.447. The van der Waals surface area contributed by atoms with Crippen LogP contribution in [0.5, 0.6) is 5.75 Å². The Kier molecular flexibility index (Phi) is 7.79. The normalized spacial score (nSPS) is 11.3. The lowest BCUT2D eigenvalue weighted by Crippen LogP contribution is -2.27. The predicted molar refractivity (Wildman–Crippen MR) is 104 cm³/mol. The number of hydrogen-bond acceptors (Lipinski definition) is 4. The molecule has 0 saturated heterocycles. The molecule has 0 atom stereocenters. The molecule has 9 heteroatoms. The highest BCUT2D eigenvalue weighted by Gasteiger charge is 2.48. The third kappa shape index (κ3) is 7.10. The first-order valence-corrected chi connectivity index (χ1v) is 10.3. The Hall–Kier alpha value is -2.16. The smallest absolute Gasteiger partial charge is 0.376 e. The highest BCUT2D eigenvalue weighted by Crippen LogP contribution is 2.27. The van der Waals surface area contributed by atoms with E-state index in [4.69, 9.17) is 11.6 Å². The zero-order valence-electron chi connectivity index (χ0n) is 14.1. The molecule has 0 aromatic heterocycles. The van der Waals surface area contributed by atoms with Crippen molar-refractivity contribution in [1.82, 2.24) is 0 Å². The largest absolute Gasteiger partial charge is 0.534 e. The van der Waals surface area contributed by atoms with E-state index in [1.807, 2.05) is 12.1 Å². The van der Waals surface area contributed by atoms with Gasteiger partial charge in [0, 0.05) is 14.8 Å². The summed E-state index contributed by atoms with van der Waals surface area (Å²) in [6, 6.07) is 25.3. The van der Waals surface area contributed by atoms with Crippen LogP contribution in [0, 0.1) is 0 Å². The molecule has 0 heterocycles. The second-order valence-electron chi connectivity index (χ2n) is 5.17. The van der Waals surface area contributed by atoms with Gasteiger partial charge in [0.1, 0.15) is 5.75 Å². The topological polar surface area (TPSA) is 43.4 Å². The molecule has 3 aromatic carbocycles. The van der Waals surface area contributed by atoms with Gasteiger partial charge >= 0.3 is 15.6 Å². The third-order valence-corrected chi connectivity index (χ3v) is 5.27. The van der Waals surface area contributed by atoms with Gasteiger partial charge in [0.2, 0.25) is 0 Å². The summed E-state index contributed by atoms with van der Waals surface area (Å²) in [6.07, 6.45) is 0. The monoisotopic (exact) mass is 446 g/mol. The van der Waals surface area contributed by atoms with Crippen molar-refractivity contribution in [2.45, 2.75) is 15.3 Å². The second-order valence-corrected chi connectivity index (χ2v) is 8.29. The Balaban J connectivity index is 0.000000202. The van der Waals surface area contributed by atoms with Crippen molar-refractivity contribution in [3.63, 3.8) is 0 Å². The SMILES string of the molecule is O=S(=O)(Oc1ccc(Cl)cc1)C(F)(F)F.c1ccc(Sc2ccccc2)cc1. The van der Waals surface area contributed by atoms with Gasteiger partial charge in [-0.1, -0.05) is 59.8 Å². The lowest BCUT2D eigenvalue weighted by atomic mass is 10.3. The van der Waals surface area contributed by atoms with E-state index in [-0.39, 0.29) is 5.02 Å². The molecule has 0 unspecified atom stereocenters. The van der Waals surface area contributed by atoms with E-state index in [0.717, 1.165) is 12.1 Å². The van der Waals surface area contributed by atoms with Crippen LogP contribution in [0.1, 0.15) is 0 Å². The highest BCUT2D eigenvalue weighted by atomic mass is 35.5. The number of rotatable bonds is 4. The van der Waals surface area contributed by atoms with E-state index in [1.165, 1.54) is 21.9 Å². The molecule has 0 N–H and O–H groups in total. The fraction of sp³-hybridized carbons (Fsp3) is 0.0526. The quantitative estimate of drug-likeness (QED) is 0.343. The molecule has 0 spiro atoms. The van der Waals surface area contributed by atoms with Gasteiger partial charge in [0.15, 0.2) is 0 Å². The molecule has 0 aliphatic heterocycles. The summed E-state index contributed by atoms with van der Waals surface area (Å²) in [5.41, 5.74) is -5.44. The van der Waals surface area contributed by atoms with Crippen molar-refractivity contribution in [2.24, 2.45) is 0 Å². The molecular formula is C19H14ClF3O3S2. The standard InChI is InChI=1S/C12H10S.C7H4ClF3O3S/c1-3-7-11(8-4-1)13-12-9-5-2-6-10-12;8-5-1-3-6(4-2-5)14-15(12,13)7(9,10)11/h1-10H;1-4H. The van der Waals surface area contributed by atoms with Crippen molar-refractivity contribution in [2.75, 3.05) is 0 Å². The molecule has 0 bridgehead atoms. The van der Waals surface area contributed by atoms with Crippen molar-refractivity contribution < 1.29 is 25.8 Å². The summed E-state index contributed by atoms with van der Waals surface area (Å²) in [4.78, 5) is 2.57. The van der Waals surface area contributed by atoms with E-state index in [1.54, 1.807) is 11.8 Å². The molecule has 28 heavy (non-hydrogen) atoms. The van der Waals surface area contributed by atoms with E-state index < -0.39 is 21.4 Å². The van der Waals surface area contributed by atoms with Crippen LogP contribution in [0.15, 0.2) is 94.7 Å². The Morgan fingerprint density at radius 2 is 1.18 bits per heavy atom. The summed E-state index contributed by atoms with van der Waals surface area (Å²) < 4.78 is 60.4. The van der Waals surface area contributed by atoms with Crippen LogP contribution in [0.25, 0.3) is 0 Å². The zero-order chi connectivity index (χ0) is 20.6. The lowest BCUT2D eigenvalue weighted by Gasteiger charge is -2.08. The van der Waals surface area contributed by atoms with Gasteiger partial charge < -0.3 is 4.18 Å². The van der Waals surface area contributed by atoms with Crippen molar-refractivity contribution >= 4 is 33.5 Å². The van der Waals surface area contributed by atoms with Crippen LogP contribution in [0.3, 0.4) is 0 Å². The first-order valence-electron chi connectivity index (χ1n) is 7.72. The zero-order valence-corrected chi connectivity index (χ0v) is 16.5. The van der Waals surface area contributed by atoms with E-state index in [2.05, 4.69) is 52.7 Å². The molecule has 0 aliphatic carbocycles. The lowest BCUT2D eigenvalue weighted by molar-refractivity contribution is -0.0500. The molecule has 0 radical (unpaired) electrons. The Bertz CT molecular complexity index is 925. The van der Waals surface area contributed by atoms with Gasteiger partial charge in [-0.2, -0.15) is 21.6 Å². The molecule has 3 nitrogen and oxygen atoms in total. The minimum Gasteiger partial charge on any atom is -0.376 e. The maximum Gasteiger partial charge on any atom is 0.534 e. The Morgan fingerprint density at radius 1 is 0.750 bits per heavy atom. The van der Waals surface area contributed by atoms with Crippen LogP contribution in [0.4, 0.5) is 13.2 Å². The fourth-order valence-electron chi connectivity index (χ4n) is 1.78. The molecule has 0 aliphatic rings. The molecule has 3 rings (SSSR count). The molecular weight excluding hydrogens is 433 g/mol. The molecule has 148 valence electrons. The summed E-state index contributed by atoms with van der Waals surface area (Å²) in [7, 11) is -5.61. The number of benzene rings is 3.